The van der Waals surface area contributed by atoms with Crippen molar-refractivity contribution in [3.63, 3.8) is 0 Å². The number of hydrazine groups is 1. The standard InChI is InChI=1S/C34H44N4O6/c1-20(2)26-18-30(39)34(5,25-13-16-43-19-25)14-12-23-8-9-24-10-11-27(36-29(24)17-23)22(4)44-33(42)28-7-6-15-38(37-28)32(41)21(3)35-31(26)40/h8-12,14,17,20-22,25-26,28,37H,6-7,13,15-16,18-19H2,1-5H3,(H,35,40)/b14-12+/t21-,22+,25?,26-,28-,34?/m0/s1. The maximum atomic E-state index is 14.1. The van der Waals surface area contributed by atoms with Crippen molar-refractivity contribution in [1.29, 1.82) is 0 Å². The van der Waals surface area contributed by atoms with Gasteiger partial charge < -0.3 is 14.8 Å². The Morgan fingerprint density at radius 2 is 1.84 bits per heavy atom. The summed E-state index contributed by atoms with van der Waals surface area (Å²) in [5, 5.41) is 5.18. The highest BCUT2D eigenvalue weighted by Gasteiger charge is 2.43. The number of esters is 1. The number of ether oxygens (including phenoxy) is 2. The van der Waals surface area contributed by atoms with E-state index < -0.39 is 35.5 Å². The summed E-state index contributed by atoms with van der Waals surface area (Å²) in [5.41, 5.74) is 4.39. The first-order chi connectivity index (χ1) is 21.0. The van der Waals surface area contributed by atoms with Gasteiger partial charge in [0.25, 0.3) is 5.91 Å². The van der Waals surface area contributed by atoms with Crippen LogP contribution in [0.2, 0.25) is 0 Å². The highest BCUT2D eigenvalue weighted by molar-refractivity contribution is 5.94. The Morgan fingerprint density at radius 1 is 1.07 bits per heavy atom. The monoisotopic (exact) mass is 604 g/mol. The van der Waals surface area contributed by atoms with Crippen molar-refractivity contribution in [2.75, 3.05) is 19.8 Å². The van der Waals surface area contributed by atoms with Crippen molar-refractivity contribution < 1.29 is 28.7 Å². The molecule has 0 saturated carbocycles. The van der Waals surface area contributed by atoms with Crippen LogP contribution in [0.4, 0.5) is 0 Å². The van der Waals surface area contributed by atoms with Gasteiger partial charge in [0, 0.05) is 42.2 Å². The summed E-state index contributed by atoms with van der Waals surface area (Å²) in [5.74, 6) is -1.98. The second kappa shape index (κ2) is 13.2. The quantitative estimate of drug-likeness (QED) is 0.490. The molecule has 6 atom stereocenters. The summed E-state index contributed by atoms with van der Waals surface area (Å²) in [6.45, 7) is 10.6. The zero-order valence-electron chi connectivity index (χ0n) is 26.3. The number of fused-ring (bicyclic) bond motifs is 4. The van der Waals surface area contributed by atoms with Gasteiger partial charge in [-0.25, -0.2) is 10.4 Å². The normalized spacial score (nSPS) is 31.7. The van der Waals surface area contributed by atoms with E-state index in [9.17, 15) is 19.2 Å². The van der Waals surface area contributed by atoms with E-state index >= 15 is 0 Å². The van der Waals surface area contributed by atoms with Gasteiger partial charge in [-0.15, -0.1) is 0 Å². The van der Waals surface area contributed by atoms with Crippen LogP contribution in [-0.2, 0) is 28.7 Å². The van der Waals surface area contributed by atoms with Crippen LogP contribution in [0.5, 0.6) is 0 Å². The number of Topliss-reactive ketones (excluding diaryl/α,β-unsaturated/α-hetero) is 1. The van der Waals surface area contributed by atoms with Crippen molar-refractivity contribution in [2.24, 2.45) is 23.2 Å². The Balaban J connectivity index is 1.54. The smallest absolute Gasteiger partial charge is 0.325 e. The highest BCUT2D eigenvalue weighted by atomic mass is 16.5. The lowest BCUT2D eigenvalue weighted by atomic mass is 9.69. The minimum absolute atomic E-state index is 0.0249. The van der Waals surface area contributed by atoms with E-state index in [1.807, 2.05) is 63.3 Å². The lowest BCUT2D eigenvalue weighted by Gasteiger charge is -2.35. The largest absolute Gasteiger partial charge is 0.455 e. The Labute approximate surface area is 258 Å². The second-order valence-electron chi connectivity index (χ2n) is 13.0. The van der Waals surface area contributed by atoms with Crippen molar-refractivity contribution in [2.45, 2.75) is 78.5 Å². The van der Waals surface area contributed by atoms with Gasteiger partial charge in [0.05, 0.1) is 17.8 Å². The number of pyridine rings is 1. The summed E-state index contributed by atoms with van der Waals surface area (Å²) in [6.07, 6.45) is 5.19. The Hall–Kier alpha value is -3.63. The summed E-state index contributed by atoms with van der Waals surface area (Å²) < 4.78 is 11.5. The average molecular weight is 605 g/mol. The second-order valence-corrected chi connectivity index (χ2v) is 13.0. The molecule has 10 nitrogen and oxygen atoms in total. The van der Waals surface area contributed by atoms with Crippen LogP contribution < -0.4 is 10.7 Å². The van der Waals surface area contributed by atoms with Crippen LogP contribution in [0.1, 0.15) is 77.7 Å². The van der Waals surface area contributed by atoms with E-state index in [-0.39, 0.29) is 35.9 Å². The van der Waals surface area contributed by atoms with Crippen LogP contribution in [0.15, 0.2) is 36.4 Å². The van der Waals surface area contributed by atoms with Gasteiger partial charge in [-0.05, 0) is 63.6 Å². The number of allylic oxidation sites excluding steroid dienone is 1. The predicted molar refractivity (Wildman–Crippen MR) is 166 cm³/mol. The Morgan fingerprint density at radius 3 is 2.57 bits per heavy atom. The number of cyclic esters (lactones) is 1. The number of aromatic nitrogens is 1. The highest BCUT2D eigenvalue weighted by Crippen LogP contribution is 2.39. The molecular formula is C34H44N4O6. The Bertz CT molecular complexity index is 1450. The van der Waals surface area contributed by atoms with Gasteiger partial charge in [0.1, 0.15) is 24.0 Å². The number of ketones is 1. The molecule has 10 heteroatoms. The first-order valence-electron chi connectivity index (χ1n) is 15.8. The minimum atomic E-state index is -0.857. The maximum Gasteiger partial charge on any atom is 0.325 e. The molecule has 4 heterocycles. The Kier molecular flexibility index (Phi) is 9.51. The van der Waals surface area contributed by atoms with Gasteiger partial charge in [0.15, 0.2) is 0 Å². The lowest BCUT2D eigenvalue weighted by Crippen LogP contribution is -2.59. The first kappa shape index (κ1) is 31.8. The zero-order chi connectivity index (χ0) is 31.6. The number of carbonyl (C=O) groups is 4. The number of amides is 2. The SMILES string of the molecule is CC(C)[C@@H]1CC(=O)C(C)(C2CCOC2)/C=C/c2ccc3ccc(nc3c2)[C@@H](C)OC(=O)[C@@H]2CCCN(N2)C(=O)[C@H](C)NC1=O. The molecule has 0 spiro atoms. The van der Waals surface area contributed by atoms with E-state index in [1.54, 1.807) is 13.8 Å². The van der Waals surface area contributed by atoms with Gasteiger partial charge in [-0.2, -0.15) is 0 Å². The van der Waals surface area contributed by atoms with E-state index in [0.717, 1.165) is 22.9 Å². The topological polar surface area (TPSA) is 127 Å². The first-order valence-corrected chi connectivity index (χ1v) is 15.8. The summed E-state index contributed by atoms with van der Waals surface area (Å²) in [7, 11) is 0. The van der Waals surface area contributed by atoms with Gasteiger partial charge in [0.2, 0.25) is 5.91 Å². The third-order valence-corrected chi connectivity index (χ3v) is 9.46. The van der Waals surface area contributed by atoms with Crippen LogP contribution in [0.3, 0.4) is 0 Å². The molecule has 1 aromatic heterocycles. The minimum Gasteiger partial charge on any atom is -0.455 e. The molecule has 0 radical (unpaired) electrons. The van der Waals surface area contributed by atoms with E-state index in [1.165, 1.54) is 5.01 Å². The lowest BCUT2D eigenvalue weighted by molar-refractivity contribution is -0.157. The fourth-order valence-corrected chi connectivity index (χ4v) is 6.31. The number of rotatable bonds is 2. The maximum absolute atomic E-state index is 14.1. The van der Waals surface area contributed by atoms with Gasteiger partial charge in [-0.3, -0.25) is 24.2 Å². The molecule has 2 N–H and O–H groups in total. The van der Waals surface area contributed by atoms with Gasteiger partial charge >= 0.3 is 5.97 Å². The molecule has 2 fully saturated rings. The number of nitrogens with one attached hydrogen (secondary N) is 2. The van der Waals surface area contributed by atoms with E-state index in [4.69, 9.17) is 14.5 Å². The van der Waals surface area contributed by atoms with Crippen LogP contribution in [0.25, 0.3) is 17.0 Å². The molecule has 3 aliphatic rings. The summed E-state index contributed by atoms with van der Waals surface area (Å²) in [6, 6.07) is 8.16. The van der Waals surface area contributed by atoms with Gasteiger partial charge in [-0.1, -0.05) is 44.2 Å². The van der Waals surface area contributed by atoms with Crippen molar-refractivity contribution in [3.8, 4) is 0 Å². The number of hydrogen-bond acceptors (Lipinski definition) is 8. The molecule has 3 aliphatic heterocycles. The molecule has 236 valence electrons. The predicted octanol–water partition coefficient (Wildman–Crippen LogP) is 4.14. The molecule has 2 saturated heterocycles. The average Bonchev–Trinajstić information content (AvgIpc) is 3.57. The fourth-order valence-electron chi connectivity index (χ4n) is 6.31. The number of nitrogens with zero attached hydrogens (tertiary/aromatic N) is 2. The zero-order valence-corrected chi connectivity index (χ0v) is 26.3. The molecule has 2 amide bonds. The van der Waals surface area contributed by atoms with Crippen molar-refractivity contribution in [1.82, 2.24) is 20.7 Å². The molecule has 5 bridgehead atoms. The molecule has 1 aromatic carbocycles. The number of benzene rings is 1. The summed E-state index contributed by atoms with van der Waals surface area (Å²) in [4.78, 5) is 59.0. The molecule has 2 unspecified atom stereocenters. The van der Waals surface area contributed by atoms with E-state index in [0.29, 0.717) is 38.3 Å². The third-order valence-electron chi connectivity index (χ3n) is 9.46. The fraction of sp³-hybridized carbons (Fsp3) is 0.559. The van der Waals surface area contributed by atoms with Crippen LogP contribution in [0, 0.1) is 23.2 Å². The summed E-state index contributed by atoms with van der Waals surface area (Å²) >= 11 is 0. The van der Waals surface area contributed by atoms with Crippen molar-refractivity contribution >= 4 is 40.5 Å². The number of carbonyl (C=O) groups excluding carboxylic acids is 4. The molecule has 0 aliphatic carbocycles. The molecular weight excluding hydrogens is 560 g/mol. The molecule has 44 heavy (non-hydrogen) atoms. The third kappa shape index (κ3) is 6.71. The van der Waals surface area contributed by atoms with Crippen LogP contribution in [-0.4, -0.2) is 65.4 Å². The van der Waals surface area contributed by atoms with Crippen LogP contribution >= 0.6 is 0 Å². The molecule has 2 aromatic rings. The van der Waals surface area contributed by atoms with Crippen molar-refractivity contribution in [3.05, 3.63) is 47.7 Å². The van der Waals surface area contributed by atoms with E-state index in [2.05, 4.69) is 10.7 Å². The number of hydrogen-bond donors (Lipinski definition) is 2. The molecule has 5 rings (SSSR count).